The molecular weight excluding hydrogens is 258 g/mol. The van der Waals surface area contributed by atoms with E-state index in [0.29, 0.717) is 4.48 Å². The van der Waals surface area contributed by atoms with Crippen LogP contribution in [0.5, 0.6) is 0 Å². The number of aliphatic hydroxyl groups is 1. The molecule has 0 aliphatic carbocycles. The number of aliphatic carboxylic acids is 1. The van der Waals surface area contributed by atoms with Crippen molar-refractivity contribution in [2.45, 2.75) is 32.8 Å². The van der Waals surface area contributed by atoms with Crippen molar-refractivity contribution in [1.29, 1.82) is 0 Å². The molecule has 108 valence electrons. The van der Waals surface area contributed by atoms with Crippen LogP contribution in [0.25, 0.3) is 0 Å². The molecular formula is C12H24ClNO4. The minimum absolute atomic E-state index is 0. The Morgan fingerprint density at radius 3 is 1.78 bits per heavy atom. The van der Waals surface area contributed by atoms with E-state index in [1.54, 1.807) is 41.9 Å². The molecule has 0 aromatic carbocycles. The van der Waals surface area contributed by atoms with Crippen molar-refractivity contribution in [1.82, 2.24) is 0 Å². The average molecular weight is 282 g/mol. The van der Waals surface area contributed by atoms with Gasteiger partial charge in [-0.05, 0) is 0 Å². The highest BCUT2D eigenvalue weighted by atomic mass is 35.5. The fourth-order valence-electron chi connectivity index (χ4n) is 1.93. The molecule has 0 bridgehead atoms. The van der Waals surface area contributed by atoms with E-state index in [9.17, 15) is 19.8 Å². The monoisotopic (exact) mass is 281 g/mol. The molecule has 5 nitrogen and oxygen atoms in total. The highest BCUT2D eigenvalue weighted by molar-refractivity contribution is 5.94. The lowest BCUT2D eigenvalue weighted by Crippen LogP contribution is -2.58. The number of Topliss-reactive ketones (excluding diaryl/α,β-unsaturated/α-hetero) is 1. The first-order valence-electron chi connectivity index (χ1n) is 5.55. The molecule has 0 amide bonds. The quantitative estimate of drug-likeness (QED) is 0.696. The first kappa shape index (κ1) is 19.7. The first-order chi connectivity index (χ1) is 7.28. The summed E-state index contributed by atoms with van der Waals surface area (Å²) in [7, 11) is 5.36. The number of hydrogen-bond donors (Lipinski definition) is 1. The fraction of sp³-hybridized carbons (Fsp3) is 0.833. The zero-order valence-electron chi connectivity index (χ0n) is 11.9. The van der Waals surface area contributed by atoms with Crippen molar-refractivity contribution in [3.8, 4) is 0 Å². The number of nitrogens with zero attached hydrogens (tertiary/aromatic N) is 1. The van der Waals surface area contributed by atoms with Crippen LogP contribution in [-0.2, 0) is 9.59 Å². The standard InChI is InChI=1S/C12H23NO4.ClH/c1-11(2,3)10(16)12(17,7-9(14)15)8-13(4,5)6;/h17H,7-8H2,1-6H3;1H. The summed E-state index contributed by atoms with van der Waals surface area (Å²) in [5, 5.41) is 21.0. The second kappa shape index (κ2) is 5.99. The SMILES string of the molecule is CC(C)(C)C(=O)C(O)(CC(=O)[O-])C[N+](C)(C)C.Cl. The van der Waals surface area contributed by atoms with E-state index in [4.69, 9.17) is 0 Å². The minimum Gasteiger partial charge on any atom is -0.550 e. The number of carboxylic acid groups (broad SMARTS) is 1. The van der Waals surface area contributed by atoms with Crippen LogP contribution in [0.15, 0.2) is 0 Å². The van der Waals surface area contributed by atoms with E-state index in [2.05, 4.69) is 0 Å². The lowest BCUT2D eigenvalue weighted by atomic mass is 9.78. The van der Waals surface area contributed by atoms with Gasteiger partial charge < -0.3 is 19.5 Å². The van der Waals surface area contributed by atoms with Gasteiger partial charge in [-0.15, -0.1) is 12.4 Å². The number of likely N-dealkylation sites (N-methyl/N-ethyl adjacent to an activating group) is 1. The summed E-state index contributed by atoms with van der Waals surface area (Å²) >= 11 is 0. The molecule has 0 saturated heterocycles. The number of quaternary nitrogens is 1. The summed E-state index contributed by atoms with van der Waals surface area (Å²) < 4.78 is 0.297. The predicted octanol–water partition coefficient (Wildman–Crippen LogP) is -0.399. The first-order valence-corrected chi connectivity index (χ1v) is 5.55. The summed E-state index contributed by atoms with van der Waals surface area (Å²) in [5.74, 6) is -1.89. The van der Waals surface area contributed by atoms with Crippen molar-refractivity contribution >= 4 is 24.2 Å². The second-order valence-electron chi connectivity index (χ2n) is 6.61. The topological polar surface area (TPSA) is 77.4 Å². The van der Waals surface area contributed by atoms with Crippen molar-refractivity contribution in [2.24, 2.45) is 5.41 Å². The number of ketones is 1. The Morgan fingerprint density at radius 1 is 1.17 bits per heavy atom. The van der Waals surface area contributed by atoms with Gasteiger partial charge in [-0.3, -0.25) is 4.79 Å². The molecule has 1 N–H and O–H groups in total. The third-order valence-corrected chi connectivity index (χ3v) is 2.28. The van der Waals surface area contributed by atoms with Crippen molar-refractivity contribution in [3.05, 3.63) is 0 Å². The minimum atomic E-state index is -1.88. The summed E-state index contributed by atoms with van der Waals surface area (Å²) in [6.07, 6.45) is -0.668. The molecule has 6 heteroatoms. The van der Waals surface area contributed by atoms with Crippen LogP contribution in [0.3, 0.4) is 0 Å². The predicted molar refractivity (Wildman–Crippen MR) is 69.2 cm³/mol. The van der Waals surface area contributed by atoms with Gasteiger partial charge in [0.2, 0.25) is 0 Å². The fourth-order valence-corrected chi connectivity index (χ4v) is 1.93. The Labute approximate surface area is 115 Å². The van der Waals surface area contributed by atoms with Crippen molar-refractivity contribution < 1.29 is 24.3 Å². The zero-order chi connectivity index (χ0) is 14.1. The van der Waals surface area contributed by atoms with E-state index >= 15 is 0 Å². The molecule has 0 aromatic heterocycles. The average Bonchev–Trinajstić information content (AvgIpc) is 1.95. The van der Waals surface area contributed by atoms with Crippen LogP contribution >= 0.6 is 12.4 Å². The summed E-state index contributed by atoms with van der Waals surface area (Å²) in [5.41, 5.74) is -2.67. The van der Waals surface area contributed by atoms with E-state index in [1.807, 2.05) is 0 Å². The number of carboxylic acids is 1. The zero-order valence-corrected chi connectivity index (χ0v) is 12.8. The van der Waals surface area contributed by atoms with Gasteiger partial charge >= 0.3 is 0 Å². The molecule has 0 aliphatic heterocycles. The molecule has 0 spiro atoms. The van der Waals surface area contributed by atoms with Gasteiger partial charge in [0, 0.05) is 17.8 Å². The van der Waals surface area contributed by atoms with Gasteiger partial charge in [0.15, 0.2) is 11.4 Å². The number of rotatable bonds is 5. The van der Waals surface area contributed by atoms with Crippen LogP contribution in [-0.4, -0.2) is 54.6 Å². The molecule has 1 unspecified atom stereocenters. The van der Waals surface area contributed by atoms with Gasteiger partial charge in [-0.1, -0.05) is 20.8 Å². The van der Waals surface area contributed by atoms with E-state index < -0.39 is 29.2 Å². The second-order valence-corrected chi connectivity index (χ2v) is 6.61. The molecule has 0 heterocycles. The smallest absolute Gasteiger partial charge is 0.177 e. The lowest BCUT2D eigenvalue weighted by Gasteiger charge is -2.38. The molecule has 0 fully saturated rings. The Hall–Kier alpha value is -0.650. The highest BCUT2D eigenvalue weighted by Gasteiger charge is 2.45. The maximum Gasteiger partial charge on any atom is 0.177 e. The van der Waals surface area contributed by atoms with E-state index in [1.165, 1.54) is 0 Å². The van der Waals surface area contributed by atoms with Gasteiger partial charge in [0.1, 0.15) is 6.54 Å². The Kier molecular flexibility index (Phi) is 6.56. The third kappa shape index (κ3) is 6.33. The summed E-state index contributed by atoms with van der Waals surface area (Å²) in [6, 6.07) is 0. The van der Waals surface area contributed by atoms with Gasteiger partial charge in [0.05, 0.1) is 21.1 Å². The molecule has 0 aromatic rings. The summed E-state index contributed by atoms with van der Waals surface area (Å²) in [6.45, 7) is 5.01. The normalized spacial score (nSPS) is 15.5. The number of hydrogen-bond acceptors (Lipinski definition) is 4. The highest BCUT2D eigenvalue weighted by Crippen LogP contribution is 2.27. The molecule has 18 heavy (non-hydrogen) atoms. The molecule has 0 rings (SSSR count). The number of halogens is 1. The van der Waals surface area contributed by atoms with Gasteiger partial charge in [-0.25, -0.2) is 0 Å². The van der Waals surface area contributed by atoms with E-state index in [0.717, 1.165) is 0 Å². The largest absolute Gasteiger partial charge is 0.550 e. The maximum atomic E-state index is 12.1. The van der Waals surface area contributed by atoms with Crippen LogP contribution < -0.4 is 5.11 Å². The van der Waals surface area contributed by atoms with Gasteiger partial charge in [0.25, 0.3) is 0 Å². The maximum absolute atomic E-state index is 12.1. The number of carbonyl (C=O) groups is 2. The molecule has 0 aliphatic rings. The summed E-state index contributed by atoms with van der Waals surface area (Å²) in [4.78, 5) is 22.9. The van der Waals surface area contributed by atoms with Gasteiger partial charge in [-0.2, -0.15) is 0 Å². The van der Waals surface area contributed by atoms with Crippen LogP contribution in [0.1, 0.15) is 27.2 Å². The molecule has 1 atom stereocenters. The van der Waals surface area contributed by atoms with Crippen molar-refractivity contribution in [2.75, 3.05) is 27.7 Å². The Balaban J connectivity index is 0. The molecule has 0 saturated carbocycles. The number of carbonyl (C=O) groups excluding carboxylic acids is 2. The van der Waals surface area contributed by atoms with E-state index in [-0.39, 0.29) is 19.0 Å². The van der Waals surface area contributed by atoms with Crippen LogP contribution in [0, 0.1) is 5.41 Å². The van der Waals surface area contributed by atoms with Crippen LogP contribution in [0.2, 0.25) is 0 Å². The lowest BCUT2D eigenvalue weighted by molar-refractivity contribution is -0.875. The van der Waals surface area contributed by atoms with Crippen LogP contribution in [0.4, 0.5) is 0 Å². The Bertz CT molecular complexity index is 317. The van der Waals surface area contributed by atoms with Crippen molar-refractivity contribution in [3.63, 3.8) is 0 Å². The Morgan fingerprint density at radius 2 is 1.56 bits per heavy atom. The molecule has 0 radical (unpaired) electrons. The third-order valence-electron chi connectivity index (χ3n) is 2.28.